The number of aryl methyl sites for hydroxylation is 1. The van der Waals surface area contributed by atoms with Gasteiger partial charge in [0.05, 0.1) is 5.39 Å². The molecule has 5 nitrogen and oxygen atoms in total. The highest BCUT2D eigenvalue weighted by molar-refractivity contribution is 8.00. The predicted octanol–water partition coefficient (Wildman–Crippen LogP) is 3.92. The Morgan fingerprint density at radius 1 is 1.38 bits per heavy atom. The molecule has 2 aromatic heterocycles. The number of carbonyl (C=O) groups is 1. The van der Waals surface area contributed by atoms with Crippen molar-refractivity contribution in [3.63, 3.8) is 0 Å². The van der Waals surface area contributed by atoms with Gasteiger partial charge in [-0.2, -0.15) is 0 Å². The number of fused-ring (bicyclic) bond motifs is 1. The zero-order valence-corrected chi connectivity index (χ0v) is 14.8. The van der Waals surface area contributed by atoms with Crippen LogP contribution in [0.15, 0.2) is 40.3 Å². The molecule has 0 radical (unpaired) electrons. The molecule has 24 heavy (non-hydrogen) atoms. The van der Waals surface area contributed by atoms with Gasteiger partial charge in [-0.25, -0.2) is 4.98 Å². The molecule has 3 aromatic rings. The van der Waals surface area contributed by atoms with Gasteiger partial charge in [0.1, 0.15) is 10.1 Å². The summed E-state index contributed by atoms with van der Waals surface area (Å²) in [7, 11) is 0. The number of benzene rings is 1. The summed E-state index contributed by atoms with van der Waals surface area (Å²) in [4.78, 5) is 32.6. The van der Waals surface area contributed by atoms with Gasteiger partial charge in [-0.05, 0) is 18.9 Å². The highest BCUT2D eigenvalue weighted by atomic mass is 32.2. The van der Waals surface area contributed by atoms with Crippen molar-refractivity contribution >= 4 is 39.3 Å². The molecule has 0 spiro atoms. The number of aromatic amines is 1. The maximum absolute atomic E-state index is 12.6. The predicted molar refractivity (Wildman–Crippen MR) is 98.0 cm³/mol. The molecule has 7 heteroatoms. The standard InChI is InChI=1S/C17H16N2O3S2/c1-3-11(16(21)22)24-17-18-14(20)13-12(9(2)23-15(13)19-17)10-7-5-4-6-8-10/h4-8,11H,3H2,1-2H3,(H,21,22)(H,18,19,20). The van der Waals surface area contributed by atoms with Crippen molar-refractivity contribution in [1.82, 2.24) is 9.97 Å². The average molecular weight is 360 g/mol. The highest BCUT2D eigenvalue weighted by Crippen LogP contribution is 2.36. The van der Waals surface area contributed by atoms with Crippen LogP contribution in [-0.4, -0.2) is 26.3 Å². The fourth-order valence-electron chi connectivity index (χ4n) is 2.55. The van der Waals surface area contributed by atoms with Crippen LogP contribution in [0, 0.1) is 6.92 Å². The van der Waals surface area contributed by atoms with Gasteiger partial charge < -0.3 is 10.1 Å². The Morgan fingerprint density at radius 3 is 2.71 bits per heavy atom. The first-order valence-corrected chi connectivity index (χ1v) is 9.19. The molecular formula is C17H16N2O3S2. The van der Waals surface area contributed by atoms with Gasteiger partial charge in [0.15, 0.2) is 5.16 Å². The molecule has 2 heterocycles. The summed E-state index contributed by atoms with van der Waals surface area (Å²) in [6, 6.07) is 9.73. The Bertz CT molecular complexity index is 948. The van der Waals surface area contributed by atoms with E-state index >= 15 is 0 Å². The molecular weight excluding hydrogens is 344 g/mol. The molecule has 0 saturated heterocycles. The quantitative estimate of drug-likeness (QED) is 0.532. The third kappa shape index (κ3) is 3.09. The largest absolute Gasteiger partial charge is 0.480 e. The number of nitrogens with one attached hydrogen (secondary N) is 1. The minimum absolute atomic E-state index is 0.231. The van der Waals surface area contributed by atoms with E-state index in [0.29, 0.717) is 21.8 Å². The minimum atomic E-state index is -0.905. The summed E-state index contributed by atoms with van der Waals surface area (Å²) >= 11 is 2.53. The number of aliphatic carboxylic acids is 1. The first-order chi connectivity index (χ1) is 11.5. The van der Waals surface area contributed by atoms with Crippen molar-refractivity contribution < 1.29 is 9.90 Å². The van der Waals surface area contributed by atoms with E-state index < -0.39 is 11.2 Å². The SMILES string of the molecule is CCC(Sc1nc2sc(C)c(-c3ccccc3)c2c(=O)[nH]1)C(=O)O. The number of H-pyrrole nitrogens is 1. The van der Waals surface area contributed by atoms with Gasteiger partial charge >= 0.3 is 5.97 Å². The number of hydrogen-bond donors (Lipinski definition) is 2. The van der Waals surface area contributed by atoms with E-state index in [2.05, 4.69) is 9.97 Å². The molecule has 0 bridgehead atoms. The second-order valence-corrected chi connectivity index (χ2v) is 7.70. The fraction of sp³-hybridized carbons (Fsp3) is 0.235. The maximum Gasteiger partial charge on any atom is 0.317 e. The number of thioether (sulfide) groups is 1. The summed E-state index contributed by atoms with van der Waals surface area (Å²) in [5.74, 6) is -0.905. The van der Waals surface area contributed by atoms with Gasteiger partial charge in [-0.3, -0.25) is 9.59 Å². The summed E-state index contributed by atoms with van der Waals surface area (Å²) in [6.45, 7) is 3.76. The first kappa shape index (κ1) is 16.7. The van der Waals surface area contributed by atoms with E-state index in [4.69, 9.17) is 0 Å². The molecule has 0 saturated carbocycles. The Balaban J connectivity index is 2.12. The van der Waals surface area contributed by atoms with Crippen molar-refractivity contribution in [3.8, 4) is 11.1 Å². The van der Waals surface area contributed by atoms with Crippen LogP contribution in [0.5, 0.6) is 0 Å². The normalized spacial score (nSPS) is 12.4. The first-order valence-electron chi connectivity index (χ1n) is 7.49. The molecule has 0 aliphatic heterocycles. The van der Waals surface area contributed by atoms with Crippen LogP contribution in [0.3, 0.4) is 0 Å². The minimum Gasteiger partial charge on any atom is -0.480 e. The molecule has 0 aliphatic carbocycles. The lowest BCUT2D eigenvalue weighted by atomic mass is 10.0. The van der Waals surface area contributed by atoms with Gasteiger partial charge in [0.25, 0.3) is 5.56 Å². The zero-order valence-electron chi connectivity index (χ0n) is 13.2. The molecule has 1 aromatic carbocycles. The van der Waals surface area contributed by atoms with Crippen molar-refractivity contribution in [2.45, 2.75) is 30.7 Å². The molecule has 124 valence electrons. The van der Waals surface area contributed by atoms with Crippen LogP contribution in [0.25, 0.3) is 21.3 Å². The number of hydrogen-bond acceptors (Lipinski definition) is 5. The second-order valence-electron chi connectivity index (χ2n) is 5.30. The monoisotopic (exact) mass is 360 g/mol. The van der Waals surface area contributed by atoms with Crippen LogP contribution in [0.2, 0.25) is 0 Å². The molecule has 0 amide bonds. The molecule has 3 rings (SSSR count). The summed E-state index contributed by atoms with van der Waals surface area (Å²) < 4.78 is 0. The second kappa shape index (κ2) is 6.78. The van der Waals surface area contributed by atoms with Crippen molar-refractivity contribution in [1.29, 1.82) is 0 Å². The van der Waals surface area contributed by atoms with E-state index in [0.717, 1.165) is 27.8 Å². The summed E-state index contributed by atoms with van der Waals surface area (Å²) in [5.41, 5.74) is 1.64. The molecule has 1 unspecified atom stereocenters. The van der Waals surface area contributed by atoms with Gasteiger partial charge in [0.2, 0.25) is 0 Å². The van der Waals surface area contributed by atoms with Gasteiger partial charge in [-0.1, -0.05) is 49.0 Å². The fourth-order valence-corrected chi connectivity index (χ4v) is 4.49. The lowest BCUT2D eigenvalue weighted by Crippen LogP contribution is -2.17. The average Bonchev–Trinajstić information content (AvgIpc) is 2.89. The number of carboxylic acids is 1. The molecule has 1 atom stereocenters. The Morgan fingerprint density at radius 2 is 2.08 bits per heavy atom. The van der Waals surface area contributed by atoms with E-state index in [1.54, 1.807) is 6.92 Å². The van der Waals surface area contributed by atoms with Crippen molar-refractivity contribution in [3.05, 3.63) is 45.6 Å². The van der Waals surface area contributed by atoms with Gasteiger partial charge in [0, 0.05) is 10.4 Å². The van der Waals surface area contributed by atoms with Crippen LogP contribution >= 0.6 is 23.1 Å². The topological polar surface area (TPSA) is 83.0 Å². The van der Waals surface area contributed by atoms with Crippen molar-refractivity contribution in [2.75, 3.05) is 0 Å². The Hall–Kier alpha value is -2.12. The van der Waals surface area contributed by atoms with Crippen LogP contribution in [0.1, 0.15) is 18.2 Å². The number of thiophene rings is 1. The summed E-state index contributed by atoms with van der Waals surface area (Å²) in [5, 5.41) is 9.47. The number of aromatic nitrogens is 2. The van der Waals surface area contributed by atoms with E-state index in [1.807, 2.05) is 37.3 Å². The van der Waals surface area contributed by atoms with E-state index in [1.165, 1.54) is 11.3 Å². The molecule has 2 N–H and O–H groups in total. The highest BCUT2D eigenvalue weighted by Gasteiger charge is 2.21. The number of rotatable bonds is 5. The lowest BCUT2D eigenvalue weighted by Gasteiger charge is -2.08. The van der Waals surface area contributed by atoms with Crippen LogP contribution < -0.4 is 5.56 Å². The van der Waals surface area contributed by atoms with Crippen LogP contribution in [0.4, 0.5) is 0 Å². The lowest BCUT2D eigenvalue weighted by molar-refractivity contribution is -0.136. The number of carboxylic acid groups (broad SMARTS) is 1. The van der Waals surface area contributed by atoms with E-state index in [9.17, 15) is 14.7 Å². The third-order valence-corrected chi connectivity index (χ3v) is 5.91. The molecule has 0 fully saturated rings. The Labute approximate surface area is 146 Å². The zero-order chi connectivity index (χ0) is 17.3. The smallest absolute Gasteiger partial charge is 0.317 e. The third-order valence-electron chi connectivity index (χ3n) is 3.68. The van der Waals surface area contributed by atoms with Gasteiger partial charge in [-0.15, -0.1) is 11.3 Å². The maximum atomic E-state index is 12.6. The van der Waals surface area contributed by atoms with E-state index in [-0.39, 0.29) is 5.56 Å². The molecule has 0 aliphatic rings. The van der Waals surface area contributed by atoms with Crippen LogP contribution in [-0.2, 0) is 4.79 Å². The van der Waals surface area contributed by atoms with Crippen molar-refractivity contribution in [2.24, 2.45) is 0 Å². The summed E-state index contributed by atoms with van der Waals surface area (Å²) in [6.07, 6.45) is 0.459. The Kier molecular flexibility index (Phi) is 4.73. The number of nitrogens with zero attached hydrogens (tertiary/aromatic N) is 1.